The summed E-state index contributed by atoms with van der Waals surface area (Å²) in [5, 5.41) is 0. The Labute approximate surface area is 179 Å². The number of aryl methyl sites for hydroxylation is 1. The highest BCUT2D eigenvalue weighted by atomic mass is 19.1. The third kappa shape index (κ3) is 5.39. The molecule has 1 heterocycles. The molecule has 1 aliphatic rings. The Morgan fingerprint density at radius 3 is 2.47 bits per heavy atom. The topological polar surface area (TPSA) is 32.8 Å². The van der Waals surface area contributed by atoms with E-state index in [1.54, 1.807) is 0 Å². The summed E-state index contributed by atoms with van der Waals surface area (Å²) in [6.45, 7) is 12.8. The van der Waals surface area contributed by atoms with Crippen LogP contribution in [0, 0.1) is 12.7 Å². The molecule has 0 radical (unpaired) electrons. The second-order valence-corrected chi connectivity index (χ2v) is 8.78. The molecular formula is C25H33FN2O2. The van der Waals surface area contributed by atoms with Crippen molar-refractivity contribution in [3.63, 3.8) is 0 Å². The Kier molecular flexibility index (Phi) is 7.14. The molecule has 0 aromatic heterocycles. The van der Waals surface area contributed by atoms with Crippen molar-refractivity contribution < 1.29 is 13.9 Å². The van der Waals surface area contributed by atoms with E-state index in [1.165, 1.54) is 12.1 Å². The van der Waals surface area contributed by atoms with E-state index in [2.05, 4.69) is 44.7 Å². The van der Waals surface area contributed by atoms with Gasteiger partial charge < -0.3 is 9.64 Å². The van der Waals surface area contributed by atoms with Crippen LogP contribution in [0.25, 0.3) is 0 Å². The van der Waals surface area contributed by atoms with Crippen molar-refractivity contribution in [1.82, 2.24) is 9.80 Å². The lowest BCUT2D eigenvalue weighted by Gasteiger charge is -2.44. The summed E-state index contributed by atoms with van der Waals surface area (Å²) >= 11 is 0. The normalized spacial score (nSPS) is 19.9. The first-order chi connectivity index (χ1) is 14.2. The zero-order valence-electron chi connectivity index (χ0n) is 18.7. The van der Waals surface area contributed by atoms with Crippen molar-refractivity contribution in [1.29, 1.82) is 0 Å². The third-order valence-electron chi connectivity index (χ3n) is 5.88. The maximum atomic E-state index is 13.2. The van der Waals surface area contributed by atoms with Crippen LogP contribution in [0.2, 0.25) is 0 Å². The Morgan fingerprint density at radius 2 is 1.80 bits per heavy atom. The Hall–Kier alpha value is -2.40. The molecule has 4 nitrogen and oxygen atoms in total. The van der Waals surface area contributed by atoms with Crippen LogP contribution < -0.4 is 4.74 Å². The fourth-order valence-electron chi connectivity index (χ4n) is 4.06. The van der Waals surface area contributed by atoms with E-state index in [4.69, 9.17) is 4.74 Å². The molecule has 0 saturated carbocycles. The lowest BCUT2D eigenvalue weighted by Crippen LogP contribution is -2.58. The molecule has 1 saturated heterocycles. The predicted octanol–water partition coefficient (Wildman–Crippen LogP) is 4.76. The summed E-state index contributed by atoms with van der Waals surface area (Å²) in [5.41, 5.74) is 3.33. The zero-order chi connectivity index (χ0) is 21.8. The van der Waals surface area contributed by atoms with Crippen LogP contribution >= 0.6 is 0 Å². The Bertz CT molecular complexity index is 866. The summed E-state index contributed by atoms with van der Waals surface area (Å²) in [5.74, 6) is 0.940. The quantitative estimate of drug-likeness (QED) is 0.686. The highest BCUT2D eigenvalue weighted by Crippen LogP contribution is 2.28. The SMILES string of the molecule is Cc1ccc(C(C)C)c(OCC(=O)N2C[C@H](C)N(Cc3ccc(F)cc3)C[C@H]2C)c1. The molecule has 1 fully saturated rings. The summed E-state index contributed by atoms with van der Waals surface area (Å²) in [7, 11) is 0. The summed E-state index contributed by atoms with van der Waals surface area (Å²) in [6, 6.07) is 13.1. The molecular weight excluding hydrogens is 379 g/mol. The van der Waals surface area contributed by atoms with Gasteiger partial charge in [0, 0.05) is 31.7 Å². The number of ether oxygens (including phenoxy) is 1. The van der Waals surface area contributed by atoms with Crippen LogP contribution in [0.1, 0.15) is 50.3 Å². The zero-order valence-corrected chi connectivity index (χ0v) is 18.7. The molecule has 2 atom stereocenters. The van der Waals surface area contributed by atoms with Gasteiger partial charge in [0.2, 0.25) is 0 Å². The second kappa shape index (κ2) is 9.61. The molecule has 1 amide bonds. The number of carbonyl (C=O) groups is 1. The molecule has 5 heteroatoms. The minimum Gasteiger partial charge on any atom is -0.483 e. The lowest BCUT2D eigenvalue weighted by molar-refractivity contribution is -0.139. The molecule has 1 aliphatic heterocycles. The molecule has 2 aromatic rings. The second-order valence-electron chi connectivity index (χ2n) is 8.78. The number of halogens is 1. The van der Waals surface area contributed by atoms with E-state index in [0.29, 0.717) is 12.5 Å². The fraction of sp³-hybridized carbons (Fsp3) is 0.480. The van der Waals surface area contributed by atoms with Crippen molar-refractivity contribution in [2.24, 2.45) is 0 Å². The number of nitrogens with zero attached hydrogens (tertiary/aromatic N) is 2. The highest BCUT2D eigenvalue weighted by Gasteiger charge is 2.32. The van der Waals surface area contributed by atoms with Gasteiger partial charge in [-0.15, -0.1) is 0 Å². The van der Waals surface area contributed by atoms with E-state index in [-0.39, 0.29) is 30.4 Å². The number of carbonyl (C=O) groups excluding carboxylic acids is 1. The smallest absolute Gasteiger partial charge is 0.260 e. The average Bonchev–Trinajstić information content (AvgIpc) is 2.70. The summed E-state index contributed by atoms with van der Waals surface area (Å²) in [4.78, 5) is 17.2. The Balaban J connectivity index is 1.60. The van der Waals surface area contributed by atoms with E-state index in [0.717, 1.165) is 35.5 Å². The van der Waals surface area contributed by atoms with Gasteiger partial charge in [0.1, 0.15) is 11.6 Å². The van der Waals surface area contributed by atoms with E-state index in [9.17, 15) is 9.18 Å². The van der Waals surface area contributed by atoms with Crippen LogP contribution in [0.4, 0.5) is 4.39 Å². The summed E-state index contributed by atoms with van der Waals surface area (Å²) in [6.07, 6.45) is 0. The molecule has 0 N–H and O–H groups in total. The van der Waals surface area contributed by atoms with Gasteiger partial charge >= 0.3 is 0 Å². The van der Waals surface area contributed by atoms with Gasteiger partial charge in [-0.2, -0.15) is 0 Å². The first-order valence-corrected chi connectivity index (χ1v) is 10.8. The standard InChI is InChI=1S/C25H33FN2O2/c1-17(2)23-11-6-18(3)12-24(23)30-16-25(29)28-14-19(4)27(13-20(28)5)15-21-7-9-22(26)10-8-21/h6-12,17,19-20H,13-16H2,1-5H3/t19-,20+/m0/s1. The van der Waals surface area contributed by atoms with Gasteiger partial charge in [0.05, 0.1) is 0 Å². The Morgan fingerprint density at radius 1 is 1.10 bits per heavy atom. The molecule has 2 aromatic carbocycles. The van der Waals surface area contributed by atoms with Crippen molar-refractivity contribution in [2.75, 3.05) is 19.7 Å². The van der Waals surface area contributed by atoms with Crippen molar-refractivity contribution >= 4 is 5.91 Å². The summed E-state index contributed by atoms with van der Waals surface area (Å²) < 4.78 is 19.1. The van der Waals surface area contributed by atoms with Crippen LogP contribution in [0.15, 0.2) is 42.5 Å². The minimum absolute atomic E-state index is 0.0204. The monoisotopic (exact) mass is 412 g/mol. The maximum Gasteiger partial charge on any atom is 0.260 e. The molecule has 0 aliphatic carbocycles. The number of benzene rings is 2. The molecule has 0 spiro atoms. The number of hydrogen-bond donors (Lipinski definition) is 0. The first-order valence-electron chi connectivity index (χ1n) is 10.8. The lowest BCUT2D eigenvalue weighted by atomic mass is 10.0. The van der Waals surface area contributed by atoms with Gasteiger partial charge in [-0.3, -0.25) is 9.69 Å². The van der Waals surface area contributed by atoms with Crippen LogP contribution in [0.5, 0.6) is 5.75 Å². The van der Waals surface area contributed by atoms with Crippen molar-refractivity contribution in [3.05, 3.63) is 65.0 Å². The molecule has 0 unspecified atom stereocenters. The average molecular weight is 413 g/mol. The number of amides is 1. The minimum atomic E-state index is -0.218. The van der Waals surface area contributed by atoms with E-state index < -0.39 is 0 Å². The molecule has 162 valence electrons. The molecule has 3 rings (SSSR count). The number of hydrogen-bond acceptors (Lipinski definition) is 3. The van der Waals surface area contributed by atoms with Gasteiger partial charge in [0.15, 0.2) is 6.61 Å². The predicted molar refractivity (Wildman–Crippen MR) is 118 cm³/mol. The van der Waals surface area contributed by atoms with Gasteiger partial charge in [-0.1, -0.05) is 38.1 Å². The van der Waals surface area contributed by atoms with Gasteiger partial charge in [-0.05, 0) is 61.6 Å². The van der Waals surface area contributed by atoms with Crippen LogP contribution in [0.3, 0.4) is 0 Å². The molecule has 0 bridgehead atoms. The van der Waals surface area contributed by atoms with Gasteiger partial charge in [0.25, 0.3) is 5.91 Å². The molecule has 30 heavy (non-hydrogen) atoms. The van der Waals surface area contributed by atoms with Crippen LogP contribution in [-0.2, 0) is 11.3 Å². The highest BCUT2D eigenvalue weighted by molar-refractivity contribution is 5.78. The largest absolute Gasteiger partial charge is 0.483 e. The number of piperazine rings is 1. The van der Waals surface area contributed by atoms with E-state index in [1.807, 2.05) is 30.0 Å². The van der Waals surface area contributed by atoms with E-state index >= 15 is 0 Å². The first kappa shape index (κ1) is 22.3. The van der Waals surface area contributed by atoms with Crippen LogP contribution in [-0.4, -0.2) is 47.5 Å². The fourth-order valence-corrected chi connectivity index (χ4v) is 4.06. The number of rotatable bonds is 6. The van der Waals surface area contributed by atoms with Gasteiger partial charge in [-0.25, -0.2) is 4.39 Å². The van der Waals surface area contributed by atoms with Crippen molar-refractivity contribution in [2.45, 2.75) is 59.2 Å². The third-order valence-corrected chi connectivity index (χ3v) is 5.88. The maximum absolute atomic E-state index is 13.2. The van der Waals surface area contributed by atoms with Crippen molar-refractivity contribution in [3.8, 4) is 5.75 Å².